The lowest BCUT2D eigenvalue weighted by Crippen LogP contribution is -2.06. The first-order valence-electron chi connectivity index (χ1n) is 3.34. The molecule has 0 saturated carbocycles. The zero-order valence-electron chi connectivity index (χ0n) is 6.52. The Hall–Kier alpha value is -0.0800. The Morgan fingerprint density at radius 1 is 1.22 bits per heavy atom. The highest BCUT2D eigenvalue weighted by Gasteiger charge is 1.91. The number of ether oxygens (including phenoxy) is 2. The van der Waals surface area contributed by atoms with E-state index >= 15 is 0 Å². The van der Waals surface area contributed by atoms with Crippen LogP contribution in [0.2, 0.25) is 0 Å². The number of hydrogen-bond acceptors (Lipinski definition) is 2. The number of hydrogen-bond donors (Lipinski definition) is 0. The molecule has 56 valence electrons. The Morgan fingerprint density at radius 3 is 2.33 bits per heavy atom. The summed E-state index contributed by atoms with van der Waals surface area (Å²) in [6, 6.07) is 0. The lowest BCUT2D eigenvalue weighted by Gasteiger charge is -2.04. The van der Waals surface area contributed by atoms with Crippen LogP contribution in [0.15, 0.2) is 0 Å². The monoisotopic (exact) mass is 132 g/mol. The van der Waals surface area contributed by atoms with Gasteiger partial charge in [0.1, 0.15) is 0 Å². The highest BCUT2D eigenvalue weighted by molar-refractivity contribution is 4.38. The fraction of sp³-hybridized carbons (Fsp3) is 1.00. The maximum Gasteiger partial charge on any atom is 0.0700 e. The molecule has 0 spiro atoms. The third-order valence-corrected chi connectivity index (χ3v) is 0.883. The molecule has 0 fully saturated rings. The van der Waals surface area contributed by atoms with Crippen LogP contribution in [-0.4, -0.2) is 26.9 Å². The van der Waals surface area contributed by atoms with Crippen molar-refractivity contribution in [3.63, 3.8) is 0 Å². The van der Waals surface area contributed by atoms with Gasteiger partial charge in [0.05, 0.1) is 13.2 Å². The minimum atomic E-state index is 0.627. The Labute approximate surface area is 57.2 Å². The van der Waals surface area contributed by atoms with E-state index in [1.165, 1.54) is 0 Å². The first-order chi connectivity index (χ1) is 4.27. The number of methoxy groups -OCH3 is 1. The summed E-state index contributed by atoms with van der Waals surface area (Å²) in [7, 11) is 1.68. The molecule has 0 aliphatic rings. The van der Waals surface area contributed by atoms with E-state index in [0.29, 0.717) is 19.1 Å². The van der Waals surface area contributed by atoms with Gasteiger partial charge in [0.15, 0.2) is 0 Å². The largest absolute Gasteiger partial charge is 0.382 e. The summed E-state index contributed by atoms with van der Waals surface area (Å²) in [4.78, 5) is 0. The van der Waals surface area contributed by atoms with Crippen LogP contribution in [0, 0.1) is 5.92 Å². The smallest absolute Gasteiger partial charge is 0.0700 e. The average molecular weight is 132 g/mol. The van der Waals surface area contributed by atoms with Gasteiger partial charge in [-0.05, 0) is 5.92 Å². The molecule has 0 aliphatic carbocycles. The molecule has 0 aromatic rings. The fourth-order valence-electron chi connectivity index (χ4n) is 0.461. The first-order valence-corrected chi connectivity index (χ1v) is 3.34. The topological polar surface area (TPSA) is 18.5 Å². The second-order valence-corrected chi connectivity index (χ2v) is 2.46. The minimum absolute atomic E-state index is 0.627. The summed E-state index contributed by atoms with van der Waals surface area (Å²) in [5.41, 5.74) is 0. The molecule has 0 heterocycles. The van der Waals surface area contributed by atoms with Gasteiger partial charge in [-0.2, -0.15) is 0 Å². The molecule has 0 radical (unpaired) electrons. The quantitative estimate of drug-likeness (QED) is 0.525. The van der Waals surface area contributed by atoms with E-state index in [0.717, 1.165) is 6.61 Å². The first kappa shape index (κ1) is 8.92. The van der Waals surface area contributed by atoms with Crippen molar-refractivity contribution in [1.29, 1.82) is 0 Å². The van der Waals surface area contributed by atoms with Crippen molar-refractivity contribution in [2.45, 2.75) is 13.8 Å². The lowest BCUT2D eigenvalue weighted by molar-refractivity contribution is 0.0572. The SMILES string of the molecule is COCCOCC(C)C. The molecule has 0 atom stereocenters. The zero-order chi connectivity index (χ0) is 7.11. The van der Waals surface area contributed by atoms with Gasteiger partial charge in [-0.25, -0.2) is 0 Å². The van der Waals surface area contributed by atoms with E-state index in [9.17, 15) is 0 Å². The fourth-order valence-corrected chi connectivity index (χ4v) is 0.461. The van der Waals surface area contributed by atoms with Gasteiger partial charge in [0.2, 0.25) is 0 Å². The van der Waals surface area contributed by atoms with Gasteiger partial charge < -0.3 is 9.47 Å². The summed E-state index contributed by atoms with van der Waals surface area (Å²) in [5, 5.41) is 0. The lowest BCUT2D eigenvalue weighted by atomic mass is 10.2. The van der Waals surface area contributed by atoms with Crippen LogP contribution in [0.5, 0.6) is 0 Å². The van der Waals surface area contributed by atoms with Crippen molar-refractivity contribution in [3.05, 3.63) is 0 Å². The second-order valence-electron chi connectivity index (χ2n) is 2.46. The zero-order valence-corrected chi connectivity index (χ0v) is 6.52. The molecule has 9 heavy (non-hydrogen) atoms. The molecule has 0 aromatic carbocycles. The van der Waals surface area contributed by atoms with Crippen molar-refractivity contribution in [3.8, 4) is 0 Å². The average Bonchev–Trinajstić information content (AvgIpc) is 1.80. The van der Waals surface area contributed by atoms with Gasteiger partial charge >= 0.3 is 0 Å². The highest BCUT2D eigenvalue weighted by atomic mass is 16.5. The molecule has 0 amide bonds. The number of rotatable bonds is 5. The summed E-state index contributed by atoms with van der Waals surface area (Å²) in [6.07, 6.45) is 0. The van der Waals surface area contributed by atoms with Gasteiger partial charge in [-0.1, -0.05) is 13.8 Å². The van der Waals surface area contributed by atoms with Gasteiger partial charge in [-0.15, -0.1) is 0 Å². The normalized spacial score (nSPS) is 10.7. The molecule has 2 nitrogen and oxygen atoms in total. The van der Waals surface area contributed by atoms with E-state index in [4.69, 9.17) is 9.47 Å². The molecule has 0 aliphatic heterocycles. The van der Waals surface area contributed by atoms with Crippen molar-refractivity contribution < 1.29 is 9.47 Å². The summed E-state index contributed by atoms with van der Waals surface area (Å²) >= 11 is 0. The standard InChI is InChI=1S/C7H16O2/c1-7(2)6-9-5-4-8-3/h7H,4-6H2,1-3H3. The van der Waals surface area contributed by atoms with E-state index in [1.807, 2.05) is 0 Å². The van der Waals surface area contributed by atoms with Gasteiger partial charge in [0, 0.05) is 13.7 Å². The second kappa shape index (κ2) is 6.05. The highest BCUT2D eigenvalue weighted by Crippen LogP contribution is 1.91. The van der Waals surface area contributed by atoms with Crippen molar-refractivity contribution in [2.24, 2.45) is 5.92 Å². The van der Waals surface area contributed by atoms with Crippen LogP contribution in [0.3, 0.4) is 0 Å². The molecule has 0 bridgehead atoms. The van der Waals surface area contributed by atoms with Crippen molar-refractivity contribution in [2.75, 3.05) is 26.9 Å². The Bertz CT molecular complexity index is 52.9. The van der Waals surface area contributed by atoms with Crippen molar-refractivity contribution in [1.82, 2.24) is 0 Å². The van der Waals surface area contributed by atoms with E-state index in [2.05, 4.69) is 13.8 Å². The van der Waals surface area contributed by atoms with E-state index in [1.54, 1.807) is 7.11 Å². The van der Waals surface area contributed by atoms with Crippen LogP contribution in [0.25, 0.3) is 0 Å². The maximum atomic E-state index is 5.21. The van der Waals surface area contributed by atoms with Crippen LogP contribution in [-0.2, 0) is 9.47 Å². The van der Waals surface area contributed by atoms with Crippen LogP contribution in [0.4, 0.5) is 0 Å². The molecular weight excluding hydrogens is 116 g/mol. The minimum Gasteiger partial charge on any atom is -0.382 e. The summed E-state index contributed by atoms with van der Waals surface area (Å²) in [6.45, 7) is 6.52. The van der Waals surface area contributed by atoms with Crippen LogP contribution < -0.4 is 0 Å². The third kappa shape index (κ3) is 7.92. The van der Waals surface area contributed by atoms with E-state index < -0.39 is 0 Å². The predicted octanol–water partition coefficient (Wildman–Crippen LogP) is 1.31. The van der Waals surface area contributed by atoms with E-state index in [-0.39, 0.29) is 0 Å². The maximum absolute atomic E-state index is 5.21. The molecule has 0 unspecified atom stereocenters. The molecule has 0 aromatic heterocycles. The van der Waals surface area contributed by atoms with Gasteiger partial charge in [0.25, 0.3) is 0 Å². The molecule has 0 saturated heterocycles. The predicted molar refractivity (Wildman–Crippen MR) is 37.5 cm³/mol. The molecule has 0 rings (SSSR count). The molecular formula is C7H16O2. The van der Waals surface area contributed by atoms with Gasteiger partial charge in [-0.3, -0.25) is 0 Å². The van der Waals surface area contributed by atoms with Crippen LogP contribution in [0.1, 0.15) is 13.8 Å². The third-order valence-electron chi connectivity index (χ3n) is 0.883. The van der Waals surface area contributed by atoms with Crippen molar-refractivity contribution >= 4 is 0 Å². The summed E-state index contributed by atoms with van der Waals surface area (Å²) < 4.78 is 10.0. The molecule has 0 N–H and O–H groups in total. The summed E-state index contributed by atoms with van der Waals surface area (Å²) in [5.74, 6) is 0.627. The van der Waals surface area contributed by atoms with Crippen LogP contribution >= 0.6 is 0 Å². The molecule has 2 heteroatoms. The Morgan fingerprint density at radius 2 is 1.89 bits per heavy atom. The Kier molecular flexibility index (Phi) is 5.99. The Balaban J connectivity index is 2.75.